The Morgan fingerprint density at radius 1 is 1.47 bits per heavy atom. The lowest BCUT2D eigenvalue weighted by molar-refractivity contribution is 0.413. The Kier molecular flexibility index (Phi) is 3.97. The second-order valence-electron chi connectivity index (χ2n) is 4.16. The Morgan fingerprint density at radius 3 is 2.82 bits per heavy atom. The number of furan rings is 1. The summed E-state index contributed by atoms with van der Waals surface area (Å²) in [6.07, 6.45) is 2.64. The second-order valence-corrected chi connectivity index (χ2v) is 5.11. The van der Waals surface area contributed by atoms with Crippen LogP contribution in [-0.4, -0.2) is 11.5 Å². The Labute approximate surface area is 106 Å². The Hall–Kier alpha value is -1.13. The van der Waals surface area contributed by atoms with Crippen LogP contribution < -0.4 is 5.32 Å². The molecule has 0 aliphatic heterocycles. The summed E-state index contributed by atoms with van der Waals surface area (Å²) < 4.78 is 5.57. The van der Waals surface area contributed by atoms with Gasteiger partial charge in [-0.25, -0.2) is 4.98 Å². The van der Waals surface area contributed by atoms with Crippen LogP contribution in [0.3, 0.4) is 0 Å². The minimum absolute atomic E-state index is 0.223. The molecule has 4 heteroatoms. The molecule has 2 rings (SSSR count). The lowest BCUT2D eigenvalue weighted by Gasteiger charge is -2.15. The molecule has 0 saturated heterocycles. The molecule has 0 radical (unpaired) electrons. The lowest BCUT2D eigenvalue weighted by atomic mass is 10.1. The molecule has 0 amide bonds. The van der Waals surface area contributed by atoms with Crippen LogP contribution in [0.15, 0.2) is 22.1 Å². The van der Waals surface area contributed by atoms with Crippen LogP contribution >= 0.6 is 11.3 Å². The molecular weight excluding hydrogens is 232 g/mol. The fourth-order valence-corrected chi connectivity index (χ4v) is 2.74. The predicted molar refractivity (Wildman–Crippen MR) is 70.4 cm³/mol. The summed E-state index contributed by atoms with van der Waals surface area (Å²) in [4.78, 5) is 4.51. The SMILES string of the molecule is CCNC(Cc1nc(C)cs1)c1occc1C. The van der Waals surface area contributed by atoms with Crippen molar-refractivity contribution in [2.75, 3.05) is 6.54 Å². The van der Waals surface area contributed by atoms with E-state index < -0.39 is 0 Å². The van der Waals surface area contributed by atoms with Crippen molar-refractivity contribution in [3.8, 4) is 0 Å². The first-order valence-electron chi connectivity index (χ1n) is 5.89. The van der Waals surface area contributed by atoms with Crippen LogP contribution in [0.5, 0.6) is 0 Å². The molecule has 2 heterocycles. The average molecular weight is 250 g/mol. The van der Waals surface area contributed by atoms with E-state index in [4.69, 9.17) is 4.42 Å². The number of nitrogens with one attached hydrogen (secondary N) is 1. The normalized spacial score (nSPS) is 12.9. The van der Waals surface area contributed by atoms with Crippen LogP contribution in [-0.2, 0) is 6.42 Å². The topological polar surface area (TPSA) is 38.1 Å². The highest BCUT2D eigenvalue weighted by molar-refractivity contribution is 7.09. The van der Waals surface area contributed by atoms with E-state index in [1.165, 1.54) is 5.56 Å². The monoisotopic (exact) mass is 250 g/mol. The first kappa shape index (κ1) is 12.3. The molecule has 0 saturated carbocycles. The van der Waals surface area contributed by atoms with E-state index in [-0.39, 0.29) is 6.04 Å². The molecule has 0 spiro atoms. The number of hydrogen-bond donors (Lipinski definition) is 1. The van der Waals surface area contributed by atoms with Crippen molar-refractivity contribution in [1.82, 2.24) is 10.3 Å². The predicted octanol–water partition coefficient (Wildman–Crippen LogP) is 3.25. The molecule has 2 aromatic rings. The van der Waals surface area contributed by atoms with Crippen molar-refractivity contribution in [2.45, 2.75) is 33.2 Å². The van der Waals surface area contributed by atoms with Gasteiger partial charge in [-0.15, -0.1) is 11.3 Å². The van der Waals surface area contributed by atoms with Crippen LogP contribution in [0.2, 0.25) is 0 Å². The van der Waals surface area contributed by atoms with Gasteiger partial charge in [0.05, 0.1) is 17.3 Å². The standard InChI is InChI=1S/C13H18N2OS/c1-4-14-11(13-9(2)5-6-16-13)7-12-15-10(3)8-17-12/h5-6,8,11,14H,4,7H2,1-3H3. The molecular formula is C13H18N2OS. The summed E-state index contributed by atoms with van der Waals surface area (Å²) in [7, 11) is 0. The number of rotatable bonds is 5. The van der Waals surface area contributed by atoms with Crippen LogP contribution in [0.25, 0.3) is 0 Å². The van der Waals surface area contributed by atoms with Crippen LogP contribution in [0.1, 0.15) is 35.0 Å². The quantitative estimate of drug-likeness (QED) is 0.885. The molecule has 1 N–H and O–H groups in total. The van der Waals surface area contributed by atoms with E-state index in [1.807, 2.05) is 13.0 Å². The van der Waals surface area contributed by atoms with Gasteiger partial charge in [0.1, 0.15) is 5.76 Å². The van der Waals surface area contributed by atoms with Gasteiger partial charge in [0.15, 0.2) is 0 Å². The summed E-state index contributed by atoms with van der Waals surface area (Å²) in [5.74, 6) is 1.03. The van der Waals surface area contributed by atoms with Gasteiger partial charge in [-0.3, -0.25) is 0 Å². The Balaban J connectivity index is 2.15. The molecule has 2 aromatic heterocycles. The zero-order valence-electron chi connectivity index (χ0n) is 10.5. The fourth-order valence-electron chi connectivity index (χ4n) is 1.92. The third kappa shape index (κ3) is 2.96. The summed E-state index contributed by atoms with van der Waals surface area (Å²) in [6.45, 7) is 7.14. The third-order valence-electron chi connectivity index (χ3n) is 2.71. The minimum atomic E-state index is 0.223. The van der Waals surface area contributed by atoms with Crippen molar-refractivity contribution >= 4 is 11.3 Å². The first-order valence-corrected chi connectivity index (χ1v) is 6.77. The maximum Gasteiger partial charge on any atom is 0.123 e. The van der Waals surface area contributed by atoms with Gasteiger partial charge < -0.3 is 9.73 Å². The van der Waals surface area contributed by atoms with Gasteiger partial charge in [-0.1, -0.05) is 6.92 Å². The van der Waals surface area contributed by atoms with Gasteiger partial charge in [0.2, 0.25) is 0 Å². The smallest absolute Gasteiger partial charge is 0.123 e. The van der Waals surface area contributed by atoms with Crippen molar-refractivity contribution in [3.05, 3.63) is 39.7 Å². The molecule has 3 nitrogen and oxygen atoms in total. The molecule has 1 unspecified atom stereocenters. The number of aromatic nitrogens is 1. The molecule has 1 atom stereocenters. The van der Waals surface area contributed by atoms with Crippen molar-refractivity contribution in [2.24, 2.45) is 0 Å². The second kappa shape index (κ2) is 5.47. The van der Waals surface area contributed by atoms with E-state index in [2.05, 4.69) is 29.5 Å². The van der Waals surface area contributed by atoms with E-state index >= 15 is 0 Å². The maximum atomic E-state index is 5.57. The summed E-state index contributed by atoms with van der Waals surface area (Å²) >= 11 is 1.71. The van der Waals surface area contributed by atoms with Crippen molar-refractivity contribution in [3.63, 3.8) is 0 Å². The number of likely N-dealkylation sites (N-methyl/N-ethyl adjacent to an activating group) is 1. The molecule has 0 fully saturated rings. The zero-order chi connectivity index (χ0) is 12.3. The third-order valence-corrected chi connectivity index (χ3v) is 3.70. The zero-order valence-corrected chi connectivity index (χ0v) is 11.3. The largest absolute Gasteiger partial charge is 0.467 e. The highest BCUT2D eigenvalue weighted by Crippen LogP contribution is 2.24. The maximum absolute atomic E-state index is 5.57. The van der Waals surface area contributed by atoms with Gasteiger partial charge in [0, 0.05) is 17.5 Å². The highest BCUT2D eigenvalue weighted by Gasteiger charge is 2.18. The van der Waals surface area contributed by atoms with Gasteiger partial charge in [-0.05, 0) is 32.0 Å². The average Bonchev–Trinajstić information content (AvgIpc) is 2.87. The number of hydrogen-bond acceptors (Lipinski definition) is 4. The van der Waals surface area contributed by atoms with E-state index in [0.29, 0.717) is 0 Å². The fraction of sp³-hybridized carbons (Fsp3) is 0.462. The van der Waals surface area contributed by atoms with Gasteiger partial charge in [0.25, 0.3) is 0 Å². The Morgan fingerprint density at radius 2 is 2.29 bits per heavy atom. The summed E-state index contributed by atoms with van der Waals surface area (Å²) in [5, 5.41) is 6.70. The van der Waals surface area contributed by atoms with Crippen molar-refractivity contribution < 1.29 is 4.42 Å². The highest BCUT2D eigenvalue weighted by atomic mass is 32.1. The Bertz CT molecular complexity index is 475. The first-order chi connectivity index (χ1) is 8.20. The van der Waals surface area contributed by atoms with Crippen LogP contribution in [0.4, 0.5) is 0 Å². The van der Waals surface area contributed by atoms with Crippen molar-refractivity contribution in [1.29, 1.82) is 0 Å². The summed E-state index contributed by atoms with van der Waals surface area (Å²) in [6, 6.07) is 2.23. The molecule has 17 heavy (non-hydrogen) atoms. The number of nitrogens with zero attached hydrogens (tertiary/aromatic N) is 1. The molecule has 0 aromatic carbocycles. The molecule has 0 aliphatic rings. The molecule has 0 bridgehead atoms. The number of aryl methyl sites for hydroxylation is 2. The number of thiazole rings is 1. The van der Waals surface area contributed by atoms with Gasteiger partial charge >= 0.3 is 0 Å². The molecule has 92 valence electrons. The van der Waals surface area contributed by atoms with E-state index in [0.717, 1.165) is 29.4 Å². The van der Waals surface area contributed by atoms with Crippen LogP contribution in [0, 0.1) is 13.8 Å². The van der Waals surface area contributed by atoms with Gasteiger partial charge in [-0.2, -0.15) is 0 Å². The minimum Gasteiger partial charge on any atom is -0.467 e. The van der Waals surface area contributed by atoms with E-state index in [9.17, 15) is 0 Å². The molecule has 0 aliphatic carbocycles. The summed E-state index contributed by atoms with van der Waals surface area (Å²) in [5.41, 5.74) is 2.29. The lowest BCUT2D eigenvalue weighted by Crippen LogP contribution is -2.23. The van der Waals surface area contributed by atoms with E-state index in [1.54, 1.807) is 17.6 Å².